The normalized spacial score (nSPS) is 15.1. The average molecular weight is 507 g/mol. The molecule has 3 aromatic rings. The Morgan fingerprint density at radius 1 is 1.11 bits per heavy atom. The number of nitrogens with zero attached hydrogens (tertiary/aromatic N) is 2. The number of thiazole rings is 1. The topological polar surface area (TPSA) is 88.4 Å². The first-order valence-electron chi connectivity index (χ1n) is 11.1. The minimum absolute atomic E-state index is 0.264. The number of rotatable bonds is 8. The van der Waals surface area contributed by atoms with Crippen LogP contribution >= 0.6 is 11.3 Å². The first kappa shape index (κ1) is 25.0. The van der Waals surface area contributed by atoms with Crippen LogP contribution in [0.5, 0.6) is 17.2 Å². The molecule has 1 aliphatic rings. The number of allylic oxidation sites excluding steroid dienone is 1. The Hall–Kier alpha value is -4.11. The van der Waals surface area contributed by atoms with Crippen LogP contribution in [0.2, 0.25) is 0 Å². The van der Waals surface area contributed by atoms with E-state index in [2.05, 4.69) is 11.6 Å². The van der Waals surface area contributed by atoms with E-state index in [1.54, 1.807) is 57.6 Å². The van der Waals surface area contributed by atoms with Crippen LogP contribution in [-0.2, 0) is 9.53 Å². The van der Waals surface area contributed by atoms with E-state index < -0.39 is 12.0 Å². The zero-order chi connectivity index (χ0) is 25.8. The summed E-state index contributed by atoms with van der Waals surface area (Å²) >= 11 is 1.25. The molecule has 0 bridgehead atoms. The van der Waals surface area contributed by atoms with Crippen molar-refractivity contribution in [2.24, 2.45) is 4.99 Å². The second-order valence-corrected chi connectivity index (χ2v) is 8.87. The van der Waals surface area contributed by atoms with Gasteiger partial charge >= 0.3 is 5.97 Å². The van der Waals surface area contributed by atoms with E-state index in [1.807, 2.05) is 18.2 Å². The van der Waals surface area contributed by atoms with E-state index in [1.165, 1.54) is 23.0 Å². The highest BCUT2D eigenvalue weighted by molar-refractivity contribution is 7.07. The van der Waals surface area contributed by atoms with Crippen molar-refractivity contribution in [1.29, 1.82) is 0 Å². The smallest absolute Gasteiger partial charge is 0.338 e. The standard InChI is InChI=1S/C27H26N2O6S/c1-6-13-35-20-12-7-17(14-21(20)33-4)15-22-25(30)29-24(18-8-10-19(32-3)11-9-18)23(26(31)34-5)16(2)28-27(29)36-22/h6-12,14-15,24H,1,13H2,2-5H3/b22-15+/t24-/m0/s1. The summed E-state index contributed by atoms with van der Waals surface area (Å²) in [6.45, 7) is 5.75. The van der Waals surface area contributed by atoms with Crippen molar-refractivity contribution in [3.63, 3.8) is 0 Å². The Morgan fingerprint density at radius 2 is 1.86 bits per heavy atom. The molecule has 8 nitrogen and oxygen atoms in total. The van der Waals surface area contributed by atoms with Gasteiger partial charge in [-0.3, -0.25) is 9.36 Å². The lowest BCUT2D eigenvalue weighted by molar-refractivity contribution is -0.136. The first-order chi connectivity index (χ1) is 17.4. The van der Waals surface area contributed by atoms with E-state index in [0.29, 0.717) is 44.5 Å². The zero-order valence-electron chi connectivity index (χ0n) is 20.4. The lowest BCUT2D eigenvalue weighted by Crippen LogP contribution is -2.39. The van der Waals surface area contributed by atoms with Gasteiger partial charge in [-0.2, -0.15) is 0 Å². The molecule has 4 rings (SSSR count). The zero-order valence-corrected chi connectivity index (χ0v) is 21.3. The van der Waals surface area contributed by atoms with Gasteiger partial charge in [0, 0.05) is 0 Å². The summed E-state index contributed by atoms with van der Waals surface area (Å²) in [7, 11) is 4.45. The molecule has 9 heteroatoms. The Labute approximate surface area is 212 Å². The largest absolute Gasteiger partial charge is 0.497 e. The van der Waals surface area contributed by atoms with Gasteiger partial charge in [-0.15, -0.1) is 0 Å². The van der Waals surface area contributed by atoms with Crippen molar-refractivity contribution in [3.05, 3.63) is 97.2 Å². The fourth-order valence-electron chi connectivity index (χ4n) is 3.99. The van der Waals surface area contributed by atoms with E-state index in [0.717, 1.165) is 11.1 Å². The van der Waals surface area contributed by atoms with E-state index in [-0.39, 0.29) is 5.56 Å². The summed E-state index contributed by atoms with van der Waals surface area (Å²) in [5.74, 6) is 1.25. The third kappa shape index (κ3) is 4.70. The van der Waals surface area contributed by atoms with Gasteiger partial charge < -0.3 is 18.9 Å². The third-order valence-corrected chi connectivity index (χ3v) is 6.68. The number of benzene rings is 2. The molecule has 186 valence electrons. The number of aromatic nitrogens is 1. The highest BCUT2D eigenvalue weighted by atomic mass is 32.1. The highest BCUT2D eigenvalue weighted by Crippen LogP contribution is 2.32. The Kier molecular flexibility index (Phi) is 7.40. The van der Waals surface area contributed by atoms with Crippen molar-refractivity contribution < 1.29 is 23.7 Å². The maximum absolute atomic E-state index is 13.7. The fourth-order valence-corrected chi connectivity index (χ4v) is 5.03. The van der Waals surface area contributed by atoms with Gasteiger partial charge in [0.15, 0.2) is 16.3 Å². The van der Waals surface area contributed by atoms with Gasteiger partial charge in [-0.1, -0.05) is 42.2 Å². The minimum atomic E-state index is -0.689. The predicted octanol–water partition coefficient (Wildman–Crippen LogP) is 2.99. The van der Waals surface area contributed by atoms with Crippen molar-refractivity contribution in [2.45, 2.75) is 13.0 Å². The van der Waals surface area contributed by atoms with E-state index >= 15 is 0 Å². The predicted molar refractivity (Wildman–Crippen MR) is 137 cm³/mol. The SMILES string of the molecule is C=CCOc1ccc(/C=c2/sc3n(c2=O)[C@@H](c2ccc(OC)cc2)C(C(=O)OC)=C(C)N=3)cc1OC. The van der Waals surface area contributed by atoms with Gasteiger partial charge in [0.1, 0.15) is 12.4 Å². The first-order valence-corrected chi connectivity index (χ1v) is 11.9. The van der Waals surface area contributed by atoms with Crippen LogP contribution in [0.15, 0.2) is 76.2 Å². The molecule has 0 saturated heterocycles. The van der Waals surface area contributed by atoms with Crippen LogP contribution in [0.4, 0.5) is 0 Å². The van der Waals surface area contributed by atoms with Crippen molar-refractivity contribution in [1.82, 2.24) is 4.57 Å². The molecule has 2 aromatic carbocycles. The summed E-state index contributed by atoms with van der Waals surface area (Å²) in [5.41, 5.74) is 2.05. The molecule has 1 aliphatic heterocycles. The van der Waals surface area contributed by atoms with E-state index in [9.17, 15) is 9.59 Å². The second kappa shape index (κ2) is 10.7. The molecular formula is C27H26N2O6S. The van der Waals surface area contributed by atoms with Crippen LogP contribution in [-0.4, -0.2) is 38.5 Å². The van der Waals surface area contributed by atoms with Crippen molar-refractivity contribution in [3.8, 4) is 17.2 Å². The molecule has 0 amide bonds. The van der Waals surface area contributed by atoms with Crippen LogP contribution in [0.1, 0.15) is 24.1 Å². The lowest BCUT2D eigenvalue weighted by atomic mass is 9.96. The number of hydrogen-bond donors (Lipinski definition) is 0. The summed E-state index contributed by atoms with van der Waals surface area (Å²) in [6.07, 6.45) is 3.42. The number of carbonyl (C=O) groups is 1. The van der Waals surface area contributed by atoms with Gasteiger partial charge in [0.2, 0.25) is 0 Å². The summed E-state index contributed by atoms with van der Waals surface area (Å²) in [4.78, 5) is 31.5. The molecular weight excluding hydrogens is 480 g/mol. The molecule has 1 atom stereocenters. The van der Waals surface area contributed by atoms with Crippen molar-refractivity contribution >= 4 is 23.4 Å². The van der Waals surface area contributed by atoms with Crippen LogP contribution in [0.25, 0.3) is 6.08 Å². The summed E-state index contributed by atoms with van der Waals surface area (Å²) in [5, 5.41) is 0. The van der Waals surface area contributed by atoms with Crippen LogP contribution in [0, 0.1) is 0 Å². The maximum atomic E-state index is 13.7. The molecule has 0 radical (unpaired) electrons. The number of methoxy groups -OCH3 is 3. The molecule has 0 unspecified atom stereocenters. The summed E-state index contributed by atoms with van der Waals surface area (Å²) < 4.78 is 23.4. The number of fused-ring (bicyclic) bond motifs is 1. The van der Waals surface area contributed by atoms with Crippen molar-refractivity contribution in [2.75, 3.05) is 27.9 Å². The molecule has 0 N–H and O–H groups in total. The average Bonchev–Trinajstić information content (AvgIpc) is 3.20. The molecule has 0 fully saturated rings. The quantitative estimate of drug-likeness (QED) is 0.345. The maximum Gasteiger partial charge on any atom is 0.338 e. The highest BCUT2D eigenvalue weighted by Gasteiger charge is 2.33. The summed E-state index contributed by atoms with van der Waals surface area (Å²) in [6, 6.07) is 12.0. The number of hydrogen-bond acceptors (Lipinski definition) is 8. The molecule has 0 spiro atoms. The fraction of sp³-hybridized carbons (Fsp3) is 0.222. The van der Waals surface area contributed by atoms with Gasteiger partial charge in [0.05, 0.1) is 43.2 Å². The molecule has 1 aromatic heterocycles. The second-order valence-electron chi connectivity index (χ2n) is 7.86. The number of ether oxygens (including phenoxy) is 4. The Balaban J connectivity index is 1.87. The van der Waals surface area contributed by atoms with Crippen LogP contribution in [0.3, 0.4) is 0 Å². The van der Waals surface area contributed by atoms with Gasteiger partial charge in [-0.25, -0.2) is 9.79 Å². The minimum Gasteiger partial charge on any atom is -0.497 e. The number of carbonyl (C=O) groups excluding carboxylic acids is 1. The molecule has 36 heavy (non-hydrogen) atoms. The van der Waals surface area contributed by atoms with Crippen LogP contribution < -0.4 is 29.1 Å². The van der Waals surface area contributed by atoms with E-state index in [4.69, 9.17) is 18.9 Å². The van der Waals surface area contributed by atoms with Gasteiger partial charge in [-0.05, 0) is 48.4 Å². The monoisotopic (exact) mass is 506 g/mol. The lowest BCUT2D eigenvalue weighted by Gasteiger charge is -2.24. The molecule has 0 aliphatic carbocycles. The Morgan fingerprint density at radius 3 is 2.50 bits per heavy atom. The molecule has 0 saturated carbocycles. The number of esters is 1. The third-order valence-electron chi connectivity index (χ3n) is 5.70. The van der Waals surface area contributed by atoms with Gasteiger partial charge in [0.25, 0.3) is 5.56 Å². The Bertz CT molecular complexity index is 1520. The molecule has 2 heterocycles.